The number of piperidine rings is 1. The highest BCUT2D eigenvalue weighted by molar-refractivity contribution is 5.49. The van der Waals surface area contributed by atoms with Crippen molar-refractivity contribution in [2.45, 2.75) is 38.7 Å². The minimum Gasteiger partial charge on any atom is -0.363 e. The van der Waals surface area contributed by atoms with Gasteiger partial charge < -0.3 is 4.90 Å². The highest BCUT2D eigenvalue weighted by Crippen LogP contribution is 2.28. The van der Waals surface area contributed by atoms with Crippen LogP contribution in [0.2, 0.25) is 0 Å². The van der Waals surface area contributed by atoms with E-state index in [1.54, 1.807) is 0 Å². The van der Waals surface area contributed by atoms with Crippen LogP contribution >= 0.6 is 0 Å². The Bertz CT molecular complexity index is 334. The van der Waals surface area contributed by atoms with Crippen LogP contribution < -0.4 is 4.90 Å². The summed E-state index contributed by atoms with van der Waals surface area (Å²) in [4.78, 5) is 1.85. The molecule has 2 rings (SSSR count). The Morgan fingerprint density at radius 1 is 1.19 bits per heavy atom. The largest absolute Gasteiger partial charge is 0.363 e. The van der Waals surface area contributed by atoms with Gasteiger partial charge in [0.1, 0.15) is 0 Å². The standard InChI is InChI=1S/C13H17F2N/c1-10-5-7-11(8-6-10)16-9-3-2-4-12(16)13(14)15/h5-8,12-13H,2-4,9H2,1H3. The monoisotopic (exact) mass is 225 g/mol. The van der Waals surface area contributed by atoms with E-state index in [0.29, 0.717) is 6.42 Å². The third-order valence-corrected chi connectivity index (χ3v) is 3.21. The Balaban J connectivity index is 2.19. The van der Waals surface area contributed by atoms with Gasteiger partial charge in [-0.3, -0.25) is 0 Å². The van der Waals surface area contributed by atoms with Gasteiger partial charge in [-0.05, 0) is 38.3 Å². The summed E-state index contributed by atoms with van der Waals surface area (Å²) in [6.45, 7) is 2.75. The number of alkyl halides is 2. The van der Waals surface area contributed by atoms with Crippen LogP contribution in [0.3, 0.4) is 0 Å². The van der Waals surface area contributed by atoms with E-state index < -0.39 is 12.5 Å². The summed E-state index contributed by atoms with van der Waals surface area (Å²) in [7, 11) is 0. The molecule has 1 fully saturated rings. The molecule has 1 aromatic carbocycles. The molecule has 1 nitrogen and oxygen atoms in total. The molecule has 1 unspecified atom stereocenters. The van der Waals surface area contributed by atoms with E-state index in [2.05, 4.69) is 0 Å². The second-order valence-corrected chi connectivity index (χ2v) is 4.43. The average molecular weight is 225 g/mol. The number of nitrogens with zero attached hydrogens (tertiary/aromatic N) is 1. The molecule has 0 aliphatic carbocycles. The van der Waals surface area contributed by atoms with E-state index in [0.717, 1.165) is 30.6 Å². The Morgan fingerprint density at radius 2 is 1.88 bits per heavy atom. The predicted molar refractivity (Wildman–Crippen MR) is 62.2 cm³/mol. The molecule has 0 saturated carbocycles. The zero-order valence-corrected chi connectivity index (χ0v) is 9.50. The Hall–Kier alpha value is -1.12. The van der Waals surface area contributed by atoms with Crippen molar-refractivity contribution in [3.8, 4) is 0 Å². The summed E-state index contributed by atoms with van der Waals surface area (Å²) in [5, 5.41) is 0. The molecule has 16 heavy (non-hydrogen) atoms. The molecule has 0 aromatic heterocycles. The van der Waals surface area contributed by atoms with Crippen molar-refractivity contribution in [2.24, 2.45) is 0 Å². The van der Waals surface area contributed by atoms with Gasteiger partial charge in [0.05, 0.1) is 6.04 Å². The van der Waals surface area contributed by atoms with Gasteiger partial charge >= 0.3 is 0 Å². The van der Waals surface area contributed by atoms with Crippen molar-refractivity contribution in [1.29, 1.82) is 0 Å². The smallest absolute Gasteiger partial charge is 0.258 e. The topological polar surface area (TPSA) is 3.24 Å². The van der Waals surface area contributed by atoms with Crippen molar-refractivity contribution in [2.75, 3.05) is 11.4 Å². The molecule has 1 saturated heterocycles. The lowest BCUT2D eigenvalue weighted by Gasteiger charge is -2.37. The number of benzene rings is 1. The number of hydrogen-bond donors (Lipinski definition) is 0. The van der Waals surface area contributed by atoms with Gasteiger partial charge in [0.2, 0.25) is 0 Å². The van der Waals surface area contributed by atoms with Crippen molar-refractivity contribution < 1.29 is 8.78 Å². The summed E-state index contributed by atoms with van der Waals surface area (Å²) in [5.41, 5.74) is 2.09. The summed E-state index contributed by atoms with van der Waals surface area (Å²) in [6.07, 6.45) is 0.279. The maximum absolute atomic E-state index is 12.9. The normalized spacial score (nSPS) is 21.5. The predicted octanol–water partition coefficient (Wildman–Crippen LogP) is 3.62. The van der Waals surface area contributed by atoms with Crippen LogP contribution in [-0.4, -0.2) is 19.0 Å². The molecule has 88 valence electrons. The van der Waals surface area contributed by atoms with Crippen LogP contribution in [0, 0.1) is 6.92 Å². The molecule has 1 aliphatic heterocycles. The average Bonchev–Trinajstić information content (AvgIpc) is 2.30. The summed E-state index contributed by atoms with van der Waals surface area (Å²) in [5.74, 6) is 0. The summed E-state index contributed by atoms with van der Waals surface area (Å²) in [6, 6.07) is 7.24. The van der Waals surface area contributed by atoms with Crippen LogP contribution in [0.5, 0.6) is 0 Å². The van der Waals surface area contributed by atoms with Gasteiger partial charge in [-0.1, -0.05) is 17.7 Å². The van der Waals surface area contributed by atoms with E-state index in [1.165, 1.54) is 0 Å². The zero-order valence-electron chi connectivity index (χ0n) is 9.50. The van der Waals surface area contributed by atoms with Crippen LogP contribution in [0.15, 0.2) is 24.3 Å². The maximum Gasteiger partial charge on any atom is 0.258 e. The zero-order chi connectivity index (χ0) is 11.5. The van der Waals surface area contributed by atoms with Crippen LogP contribution in [0.4, 0.5) is 14.5 Å². The SMILES string of the molecule is Cc1ccc(N2CCCCC2C(F)F)cc1. The molecule has 0 radical (unpaired) electrons. The second kappa shape index (κ2) is 4.81. The lowest BCUT2D eigenvalue weighted by molar-refractivity contribution is 0.100. The van der Waals surface area contributed by atoms with Gasteiger partial charge in [0.25, 0.3) is 6.43 Å². The number of halogens is 2. The van der Waals surface area contributed by atoms with Crippen molar-refractivity contribution >= 4 is 5.69 Å². The number of anilines is 1. The first-order valence-corrected chi connectivity index (χ1v) is 5.80. The van der Waals surface area contributed by atoms with Crippen molar-refractivity contribution in [3.05, 3.63) is 29.8 Å². The molecule has 1 aliphatic rings. The van der Waals surface area contributed by atoms with Gasteiger partial charge in [0.15, 0.2) is 0 Å². The number of rotatable bonds is 2. The Labute approximate surface area is 95.1 Å². The van der Waals surface area contributed by atoms with Crippen LogP contribution in [-0.2, 0) is 0 Å². The lowest BCUT2D eigenvalue weighted by Crippen LogP contribution is -2.44. The third-order valence-electron chi connectivity index (χ3n) is 3.21. The highest BCUT2D eigenvalue weighted by Gasteiger charge is 2.29. The van der Waals surface area contributed by atoms with E-state index in [1.807, 2.05) is 36.1 Å². The minimum absolute atomic E-state index is 0.601. The second-order valence-electron chi connectivity index (χ2n) is 4.43. The molecule has 1 heterocycles. The molecule has 3 heteroatoms. The lowest BCUT2D eigenvalue weighted by atomic mass is 10.0. The molecule has 0 N–H and O–H groups in total. The van der Waals surface area contributed by atoms with E-state index in [9.17, 15) is 8.78 Å². The minimum atomic E-state index is -2.25. The van der Waals surface area contributed by atoms with Gasteiger partial charge in [-0.25, -0.2) is 8.78 Å². The van der Waals surface area contributed by atoms with E-state index >= 15 is 0 Å². The molecule has 1 aromatic rings. The summed E-state index contributed by atoms with van der Waals surface area (Å²) >= 11 is 0. The fourth-order valence-electron chi connectivity index (χ4n) is 2.28. The Kier molecular flexibility index (Phi) is 3.42. The fourth-order valence-corrected chi connectivity index (χ4v) is 2.28. The van der Waals surface area contributed by atoms with Crippen LogP contribution in [0.1, 0.15) is 24.8 Å². The fraction of sp³-hybridized carbons (Fsp3) is 0.538. The van der Waals surface area contributed by atoms with Crippen molar-refractivity contribution in [1.82, 2.24) is 0 Å². The molecule has 1 atom stereocenters. The van der Waals surface area contributed by atoms with E-state index in [4.69, 9.17) is 0 Å². The molecular formula is C13H17F2N. The quantitative estimate of drug-likeness (QED) is 0.743. The van der Waals surface area contributed by atoms with Gasteiger partial charge in [-0.15, -0.1) is 0 Å². The molecule has 0 bridgehead atoms. The third kappa shape index (κ3) is 2.34. The number of hydrogen-bond acceptors (Lipinski definition) is 1. The first-order valence-electron chi connectivity index (χ1n) is 5.80. The first kappa shape index (κ1) is 11.4. The molecule has 0 spiro atoms. The highest BCUT2D eigenvalue weighted by atomic mass is 19.3. The number of aryl methyl sites for hydroxylation is 1. The first-order chi connectivity index (χ1) is 7.68. The van der Waals surface area contributed by atoms with Gasteiger partial charge in [0, 0.05) is 12.2 Å². The van der Waals surface area contributed by atoms with Gasteiger partial charge in [-0.2, -0.15) is 0 Å². The maximum atomic E-state index is 12.9. The van der Waals surface area contributed by atoms with E-state index in [-0.39, 0.29) is 0 Å². The molecule has 0 amide bonds. The van der Waals surface area contributed by atoms with Crippen molar-refractivity contribution in [3.63, 3.8) is 0 Å². The van der Waals surface area contributed by atoms with Crippen LogP contribution in [0.25, 0.3) is 0 Å². The molecular weight excluding hydrogens is 208 g/mol. The summed E-state index contributed by atoms with van der Waals surface area (Å²) < 4.78 is 25.8. The Morgan fingerprint density at radius 3 is 2.50 bits per heavy atom.